The molecule has 0 bridgehead atoms. The summed E-state index contributed by atoms with van der Waals surface area (Å²) in [6.07, 6.45) is 2.76. The Bertz CT molecular complexity index is 378. The fourth-order valence-electron chi connectivity index (χ4n) is 2.98. The maximum Gasteiger partial charge on any atom is 0.0590 e. The summed E-state index contributed by atoms with van der Waals surface area (Å²) >= 11 is 0. The second-order valence-corrected chi connectivity index (χ2v) is 5.79. The summed E-state index contributed by atoms with van der Waals surface area (Å²) in [5.41, 5.74) is 1.39. The predicted octanol–water partition coefficient (Wildman–Crippen LogP) is 2.69. The number of nitrogens with one attached hydrogen (secondary N) is 1. The van der Waals surface area contributed by atoms with Crippen molar-refractivity contribution < 1.29 is 4.74 Å². The molecule has 1 fully saturated rings. The third kappa shape index (κ3) is 4.05. The molecule has 0 radical (unpaired) electrons. The molecule has 1 N–H and O–H groups in total. The van der Waals surface area contributed by atoms with Crippen LogP contribution in [0.15, 0.2) is 30.3 Å². The smallest absolute Gasteiger partial charge is 0.0590 e. The van der Waals surface area contributed by atoms with Gasteiger partial charge in [0.15, 0.2) is 0 Å². The first-order valence-corrected chi connectivity index (χ1v) is 7.72. The third-order valence-electron chi connectivity index (χ3n) is 4.36. The first-order chi connectivity index (χ1) is 9.77. The van der Waals surface area contributed by atoms with Crippen LogP contribution in [0, 0.1) is 5.92 Å². The SMILES string of the molecule is CNCC(c1ccccc1)N(CCOC)C(C)C1CC1. The first kappa shape index (κ1) is 15.5. The van der Waals surface area contributed by atoms with Gasteiger partial charge in [0.05, 0.1) is 6.61 Å². The molecule has 2 unspecified atom stereocenters. The van der Waals surface area contributed by atoms with Gasteiger partial charge >= 0.3 is 0 Å². The van der Waals surface area contributed by atoms with Gasteiger partial charge in [-0.15, -0.1) is 0 Å². The van der Waals surface area contributed by atoms with Gasteiger partial charge in [-0.25, -0.2) is 0 Å². The van der Waals surface area contributed by atoms with Gasteiger partial charge in [0, 0.05) is 32.3 Å². The first-order valence-electron chi connectivity index (χ1n) is 7.72. The Morgan fingerprint density at radius 2 is 2.00 bits per heavy atom. The minimum atomic E-state index is 0.423. The van der Waals surface area contributed by atoms with Crippen molar-refractivity contribution in [2.24, 2.45) is 5.92 Å². The molecule has 112 valence electrons. The number of methoxy groups -OCH3 is 1. The summed E-state index contributed by atoms with van der Waals surface area (Å²) in [5.74, 6) is 0.870. The molecular formula is C17H28N2O. The summed E-state index contributed by atoms with van der Waals surface area (Å²) in [5, 5.41) is 3.35. The van der Waals surface area contributed by atoms with Crippen LogP contribution in [-0.2, 0) is 4.74 Å². The van der Waals surface area contributed by atoms with E-state index in [-0.39, 0.29) is 0 Å². The topological polar surface area (TPSA) is 24.5 Å². The Labute approximate surface area is 123 Å². The molecule has 0 spiro atoms. The van der Waals surface area contributed by atoms with Gasteiger partial charge in [0.2, 0.25) is 0 Å². The fourth-order valence-corrected chi connectivity index (χ4v) is 2.98. The van der Waals surface area contributed by atoms with Crippen LogP contribution >= 0.6 is 0 Å². The van der Waals surface area contributed by atoms with E-state index in [9.17, 15) is 0 Å². The van der Waals surface area contributed by atoms with E-state index in [0.717, 1.165) is 25.6 Å². The Balaban J connectivity index is 2.16. The van der Waals surface area contributed by atoms with Crippen molar-refractivity contribution in [1.29, 1.82) is 0 Å². The van der Waals surface area contributed by atoms with Gasteiger partial charge in [0.25, 0.3) is 0 Å². The number of likely N-dealkylation sites (N-methyl/N-ethyl adjacent to an activating group) is 1. The van der Waals surface area contributed by atoms with E-state index < -0.39 is 0 Å². The molecule has 1 aromatic rings. The zero-order valence-electron chi connectivity index (χ0n) is 13.0. The maximum absolute atomic E-state index is 5.32. The normalized spacial score (nSPS) is 18.2. The minimum absolute atomic E-state index is 0.423. The molecule has 1 aliphatic rings. The highest BCUT2D eigenvalue weighted by Crippen LogP contribution is 2.38. The van der Waals surface area contributed by atoms with Crippen LogP contribution in [0.25, 0.3) is 0 Å². The van der Waals surface area contributed by atoms with Crippen molar-refractivity contribution in [3.8, 4) is 0 Å². The maximum atomic E-state index is 5.32. The highest BCUT2D eigenvalue weighted by molar-refractivity contribution is 5.20. The van der Waals surface area contributed by atoms with E-state index in [4.69, 9.17) is 4.74 Å². The predicted molar refractivity (Wildman–Crippen MR) is 83.9 cm³/mol. The van der Waals surface area contributed by atoms with Crippen molar-refractivity contribution >= 4 is 0 Å². The van der Waals surface area contributed by atoms with Crippen LogP contribution < -0.4 is 5.32 Å². The summed E-state index contributed by atoms with van der Waals surface area (Å²) < 4.78 is 5.32. The largest absolute Gasteiger partial charge is 0.383 e. The third-order valence-corrected chi connectivity index (χ3v) is 4.36. The summed E-state index contributed by atoms with van der Waals surface area (Å²) in [7, 11) is 3.82. The standard InChI is InChI=1S/C17H28N2O/c1-14(15-9-10-15)19(11-12-20-3)17(13-18-2)16-7-5-4-6-8-16/h4-8,14-15,17-18H,9-13H2,1-3H3. The van der Waals surface area contributed by atoms with Gasteiger partial charge < -0.3 is 10.1 Å². The molecule has 0 heterocycles. The van der Waals surface area contributed by atoms with Crippen molar-refractivity contribution in [3.05, 3.63) is 35.9 Å². The molecule has 0 saturated heterocycles. The molecule has 20 heavy (non-hydrogen) atoms. The Morgan fingerprint density at radius 1 is 1.30 bits per heavy atom. The van der Waals surface area contributed by atoms with Crippen LogP contribution in [0.4, 0.5) is 0 Å². The minimum Gasteiger partial charge on any atom is -0.383 e. The Hall–Kier alpha value is -0.900. The summed E-state index contributed by atoms with van der Waals surface area (Å²) in [4.78, 5) is 2.62. The van der Waals surface area contributed by atoms with E-state index in [1.807, 2.05) is 7.05 Å². The monoisotopic (exact) mass is 276 g/mol. The number of benzene rings is 1. The summed E-state index contributed by atoms with van der Waals surface area (Å²) in [6.45, 7) is 5.14. The highest BCUT2D eigenvalue weighted by Gasteiger charge is 2.35. The van der Waals surface area contributed by atoms with Gasteiger partial charge in [-0.3, -0.25) is 4.90 Å². The average molecular weight is 276 g/mol. The van der Waals surface area contributed by atoms with Crippen LogP contribution in [0.1, 0.15) is 31.4 Å². The Kier molecular flexibility index (Phi) is 6.02. The number of hydrogen-bond acceptors (Lipinski definition) is 3. The molecule has 2 rings (SSSR count). The molecule has 1 saturated carbocycles. The molecule has 0 aromatic heterocycles. The van der Waals surface area contributed by atoms with E-state index >= 15 is 0 Å². The summed E-state index contributed by atoms with van der Waals surface area (Å²) in [6, 6.07) is 11.9. The molecule has 0 aliphatic heterocycles. The van der Waals surface area contributed by atoms with Crippen molar-refractivity contribution in [1.82, 2.24) is 10.2 Å². The molecule has 3 nitrogen and oxygen atoms in total. The molecule has 0 amide bonds. The second-order valence-electron chi connectivity index (χ2n) is 5.79. The van der Waals surface area contributed by atoms with E-state index in [1.165, 1.54) is 18.4 Å². The lowest BCUT2D eigenvalue weighted by Crippen LogP contribution is -2.43. The quantitative estimate of drug-likeness (QED) is 0.750. The highest BCUT2D eigenvalue weighted by atomic mass is 16.5. The fraction of sp³-hybridized carbons (Fsp3) is 0.647. The number of hydrogen-bond donors (Lipinski definition) is 1. The lowest BCUT2D eigenvalue weighted by atomic mass is 10.0. The van der Waals surface area contributed by atoms with Crippen molar-refractivity contribution in [2.45, 2.75) is 31.8 Å². The van der Waals surface area contributed by atoms with Gasteiger partial charge in [-0.1, -0.05) is 30.3 Å². The lowest BCUT2D eigenvalue weighted by Gasteiger charge is -2.37. The van der Waals surface area contributed by atoms with Crippen LogP contribution in [0.2, 0.25) is 0 Å². The zero-order valence-corrected chi connectivity index (χ0v) is 13.0. The van der Waals surface area contributed by atoms with Crippen LogP contribution in [0.5, 0.6) is 0 Å². The molecule has 2 atom stereocenters. The van der Waals surface area contributed by atoms with Gasteiger partial charge in [-0.05, 0) is 38.3 Å². The lowest BCUT2D eigenvalue weighted by molar-refractivity contribution is 0.0808. The van der Waals surface area contributed by atoms with Crippen LogP contribution in [-0.4, -0.2) is 44.8 Å². The Morgan fingerprint density at radius 3 is 2.55 bits per heavy atom. The average Bonchev–Trinajstić information content (AvgIpc) is 3.31. The molecule has 3 heteroatoms. The van der Waals surface area contributed by atoms with Crippen LogP contribution in [0.3, 0.4) is 0 Å². The zero-order chi connectivity index (χ0) is 14.4. The van der Waals surface area contributed by atoms with Crippen molar-refractivity contribution in [2.75, 3.05) is 33.9 Å². The van der Waals surface area contributed by atoms with E-state index in [2.05, 4.69) is 47.5 Å². The molecular weight excluding hydrogens is 248 g/mol. The van der Waals surface area contributed by atoms with Crippen molar-refractivity contribution in [3.63, 3.8) is 0 Å². The van der Waals surface area contributed by atoms with E-state index in [1.54, 1.807) is 7.11 Å². The number of rotatable bonds is 9. The van der Waals surface area contributed by atoms with Gasteiger partial charge in [0.1, 0.15) is 0 Å². The number of nitrogens with zero attached hydrogens (tertiary/aromatic N) is 1. The number of ether oxygens (including phenoxy) is 1. The second kappa shape index (κ2) is 7.77. The van der Waals surface area contributed by atoms with E-state index in [0.29, 0.717) is 12.1 Å². The molecule has 1 aliphatic carbocycles. The van der Waals surface area contributed by atoms with Gasteiger partial charge in [-0.2, -0.15) is 0 Å². The molecule has 1 aromatic carbocycles.